The van der Waals surface area contributed by atoms with E-state index in [1.165, 1.54) is 35.7 Å². The number of amides is 1. The van der Waals surface area contributed by atoms with Crippen LogP contribution in [-0.4, -0.2) is 43.8 Å². The molecule has 1 N–H and O–H groups in total. The maximum absolute atomic E-state index is 13.4. The zero-order valence-corrected chi connectivity index (χ0v) is 21.1. The molecule has 2 aromatic carbocycles. The Kier molecular flexibility index (Phi) is 8.74. The molecule has 1 atom stereocenters. The van der Waals surface area contributed by atoms with Crippen LogP contribution in [0.15, 0.2) is 53.4 Å². The largest absolute Gasteiger partial charge is 0.456 e. The van der Waals surface area contributed by atoms with Crippen molar-refractivity contribution in [3.8, 4) is 0 Å². The third kappa shape index (κ3) is 6.50. The Morgan fingerprint density at radius 2 is 1.64 bits per heavy atom. The van der Waals surface area contributed by atoms with Gasteiger partial charge in [0.1, 0.15) is 5.82 Å². The van der Waals surface area contributed by atoms with Crippen molar-refractivity contribution < 1.29 is 27.1 Å². The van der Waals surface area contributed by atoms with Gasteiger partial charge in [-0.15, -0.1) is 0 Å². The number of esters is 1. The molecule has 0 radical (unpaired) electrons. The van der Waals surface area contributed by atoms with Gasteiger partial charge in [-0.1, -0.05) is 56.4 Å². The van der Waals surface area contributed by atoms with E-state index in [0.29, 0.717) is 6.42 Å². The Bertz CT molecular complexity index is 1160. The van der Waals surface area contributed by atoms with Gasteiger partial charge >= 0.3 is 5.97 Å². The van der Waals surface area contributed by atoms with Gasteiger partial charge in [-0.25, -0.2) is 12.8 Å². The van der Waals surface area contributed by atoms with Gasteiger partial charge in [0.25, 0.3) is 5.91 Å². The molecule has 194 valence electrons. The molecule has 1 heterocycles. The number of rotatable bonds is 7. The van der Waals surface area contributed by atoms with E-state index in [4.69, 9.17) is 4.74 Å². The molecular formula is C27H33FN2O5S. The Hall–Kier alpha value is -2.78. The predicted octanol–water partition coefficient (Wildman–Crippen LogP) is 4.28. The molecule has 7 nitrogen and oxygen atoms in total. The number of ether oxygens (including phenoxy) is 1. The molecule has 0 saturated heterocycles. The Morgan fingerprint density at radius 1 is 0.972 bits per heavy atom. The first-order valence-corrected chi connectivity index (χ1v) is 14.1. The first-order chi connectivity index (χ1) is 17.3. The van der Waals surface area contributed by atoms with E-state index in [2.05, 4.69) is 5.32 Å². The van der Waals surface area contributed by atoms with E-state index in [1.54, 1.807) is 12.1 Å². The van der Waals surface area contributed by atoms with Crippen molar-refractivity contribution in [3.63, 3.8) is 0 Å². The summed E-state index contributed by atoms with van der Waals surface area (Å²) >= 11 is 0. The van der Waals surface area contributed by atoms with Crippen molar-refractivity contribution in [1.29, 1.82) is 0 Å². The summed E-state index contributed by atoms with van der Waals surface area (Å²) in [6.07, 6.45) is 7.83. The van der Waals surface area contributed by atoms with Crippen LogP contribution in [0.3, 0.4) is 0 Å². The number of hydrogen-bond donors (Lipinski definition) is 1. The van der Waals surface area contributed by atoms with Crippen molar-refractivity contribution >= 4 is 21.9 Å². The van der Waals surface area contributed by atoms with E-state index < -0.39 is 34.5 Å². The van der Waals surface area contributed by atoms with Gasteiger partial charge < -0.3 is 10.1 Å². The number of hydrogen-bond acceptors (Lipinski definition) is 5. The van der Waals surface area contributed by atoms with Gasteiger partial charge in [0.05, 0.1) is 17.4 Å². The van der Waals surface area contributed by atoms with Gasteiger partial charge in [0, 0.05) is 12.6 Å². The Balaban J connectivity index is 1.44. The zero-order valence-electron chi connectivity index (χ0n) is 20.3. The molecule has 1 saturated carbocycles. The minimum absolute atomic E-state index is 0.0415. The first-order valence-electron chi connectivity index (χ1n) is 12.6. The molecule has 4 rings (SSSR count). The fourth-order valence-electron chi connectivity index (χ4n) is 5.10. The summed E-state index contributed by atoms with van der Waals surface area (Å²) in [7, 11) is -3.99. The summed E-state index contributed by atoms with van der Waals surface area (Å²) in [5, 5.41) is 2.97. The number of benzene rings is 2. The molecule has 1 aliphatic heterocycles. The normalized spacial score (nSPS) is 19.5. The Morgan fingerprint density at radius 3 is 2.36 bits per heavy atom. The number of sulfonamides is 1. The molecular weight excluding hydrogens is 483 g/mol. The van der Waals surface area contributed by atoms with E-state index in [0.717, 1.165) is 48.9 Å². The van der Waals surface area contributed by atoms with Crippen LogP contribution in [0.5, 0.6) is 0 Å². The van der Waals surface area contributed by atoms with Crippen molar-refractivity contribution in [2.75, 3.05) is 13.2 Å². The van der Waals surface area contributed by atoms with Crippen LogP contribution in [0.2, 0.25) is 0 Å². The van der Waals surface area contributed by atoms with E-state index in [-0.39, 0.29) is 29.8 Å². The highest BCUT2D eigenvalue weighted by molar-refractivity contribution is 7.89. The van der Waals surface area contributed by atoms with Gasteiger partial charge in [0.2, 0.25) is 10.0 Å². The van der Waals surface area contributed by atoms with Gasteiger partial charge in [-0.2, -0.15) is 4.31 Å². The molecule has 9 heteroatoms. The smallest absolute Gasteiger partial charge is 0.308 e. The summed E-state index contributed by atoms with van der Waals surface area (Å²) in [6.45, 7) is -0.217. The number of fused-ring (bicyclic) bond motifs is 1. The highest BCUT2D eigenvalue weighted by Gasteiger charge is 2.38. The molecule has 36 heavy (non-hydrogen) atoms. The molecule has 1 amide bonds. The average Bonchev–Trinajstić information content (AvgIpc) is 2.84. The van der Waals surface area contributed by atoms with Crippen LogP contribution in [0.4, 0.5) is 4.39 Å². The van der Waals surface area contributed by atoms with Crippen molar-refractivity contribution in [2.45, 2.75) is 74.8 Å². The predicted molar refractivity (Wildman–Crippen MR) is 133 cm³/mol. The minimum Gasteiger partial charge on any atom is -0.456 e. The summed E-state index contributed by atoms with van der Waals surface area (Å²) < 4.78 is 46.8. The van der Waals surface area contributed by atoms with E-state index in [1.807, 2.05) is 12.1 Å². The summed E-state index contributed by atoms with van der Waals surface area (Å²) in [4.78, 5) is 25.2. The number of nitrogens with one attached hydrogen (secondary N) is 1. The topological polar surface area (TPSA) is 92.8 Å². The molecule has 2 aromatic rings. The summed E-state index contributed by atoms with van der Waals surface area (Å²) in [5.74, 6) is -1.52. The highest BCUT2D eigenvalue weighted by atomic mass is 32.2. The second kappa shape index (κ2) is 12.0. The quantitative estimate of drug-likeness (QED) is 0.555. The van der Waals surface area contributed by atoms with Crippen molar-refractivity contribution in [2.24, 2.45) is 0 Å². The molecule has 1 aliphatic carbocycles. The SMILES string of the molecule is O=C(COC(=O)CC1c2ccccc2CCN1S(=O)(=O)c1ccc(F)cc1)NC1CCCCCCC1. The van der Waals surface area contributed by atoms with Gasteiger partial charge in [-0.3, -0.25) is 9.59 Å². The summed E-state index contributed by atoms with van der Waals surface area (Å²) in [5.41, 5.74) is 1.69. The maximum Gasteiger partial charge on any atom is 0.308 e. The minimum atomic E-state index is -3.99. The van der Waals surface area contributed by atoms with Gasteiger partial charge in [0.15, 0.2) is 6.61 Å². The van der Waals surface area contributed by atoms with Crippen molar-refractivity contribution in [3.05, 3.63) is 65.5 Å². The van der Waals surface area contributed by atoms with Gasteiger partial charge in [-0.05, 0) is 54.7 Å². The maximum atomic E-state index is 13.4. The third-order valence-corrected chi connectivity index (χ3v) is 8.90. The van der Waals surface area contributed by atoms with Crippen LogP contribution < -0.4 is 5.32 Å². The molecule has 0 spiro atoms. The highest BCUT2D eigenvalue weighted by Crippen LogP contribution is 2.36. The molecule has 0 aromatic heterocycles. The number of carbonyl (C=O) groups is 2. The lowest BCUT2D eigenvalue weighted by atomic mass is 9.92. The standard InChI is InChI=1S/C27H33FN2O5S/c28-21-12-14-23(15-13-21)36(33,34)30-17-16-20-8-6-7-11-24(20)25(30)18-27(32)35-19-26(31)29-22-9-4-2-1-3-5-10-22/h6-8,11-15,22,25H,1-5,9-10,16-19H2,(H,29,31). The Labute approximate surface area is 212 Å². The number of carbonyl (C=O) groups excluding carboxylic acids is 2. The molecule has 0 bridgehead atoms. The van der Waals surface area contributed by atoms with Crippen LogP contribution >= 0.6 is 0 Å². The zero-order chi connectivity index (χ0) is 25.5. The molecule has 1 fully saturated rings. The van der Waals surface area contributed by atoms with Crippen LogP contribution in [0, 0.1) is 5.82 Å². The van der Waals surface area contributed by atoms with Crippen LogP contribution in [-0.2, 0) is 30.8 Å². The monoisotopic (exact) mass is 516 g/mol. The van der Waals surface area contributed by atoms with E-state index in [9.17, 15) is 22.4 Å². The fourth-order valence-corrected chi connectivity index (χ4v) is 6.71. The second-order valence-corrected chi connectivity index (χ2v) is 11.4. The van der Waals surface area contributed by atoms with Crippen LogP contribution in [0.1, 0.15) is 68.5 Å². The summed E-state index contributed by atoms with van der Waals surface area (Å²) in [6, 6.07) is 11.3. The average molecular weight is 517 g/mol. The van der Waals surface area contributed by atoms with Crippen molar-refractivity contribution in [1.82, 2.24) is 9.62 Å². The number of nitrogens with zero attached hydrogens (tertiary/aromatic N) is 1. The molecule has 1 unspecified atom stereocenters. The number of halogens is 1. The first kappa shape index (κ1) is 26.3. The third-order valence-electron chi connectivity index (χ3n) is 6.98. The lowest BCUT2D eigenvalue weighted by Crippen LogP contribution is -2.41. The molecule has 2 aliphatic rings. The lowest BCUT2D eigenvalue weighted by molar-refractivity contribution is -0.149. The van der Waals surface area contributed by atoms with Crippen LogP contribution in [0.25, 0.3) is 0 Å². The van der Waals surface area contributed by atoms with E-state index >= 15 is 0 Å². The fraction of sp³-hybridized carbons (Fsp3) is 0.481. The lowest BCUT2D eigenvalue weighted by Gasteiger charge is -2.36. The second-order valence-electron chi connectivity index (χ2n) is 9.51.